The molecule has 0 saturated carbocycles. The first-order valence-corrected chi connectivity index (χ1v) is 3.79. The number of Topliss-reactive ketones (excluding diaryl/α,β-unsaturated/α-hetero) is 1. The minimum atomic E-state index is -0.834. The number of nitro benzene ring substituents is 2. The number of nitro groups is 2. The summed E-state index contributed by atoms with van der Waals surface area (Å²) in [6.45, 7) is 1.15. The molecule has 7 heteroatoms. The fourth-order valence-electron chi connectivity index (χ4n) is 0.933. The number of benzene rings is 1. The minimum absolute atomic E-state index is 0.170. The van der Waals surface area contributed by atoms with E-state index in [1.54, 1.807) is 0 Å². The molecular formula is C8H5N2O5. The van der Waals surface area contributed by atoms with Crippen molar-refractivity contribution >= 4 is 17.2 Å². The zero-order chi connectivity index (χ0) is 11.6. The number of rotatable bonds is 3. The average molecular weight is 209 g/mol. The quantitative estimate of drug-likeness (QED) is 0.426. The van der Waals surface area contributed by atoms with Crippen LogP contribution in [0.2, 0.25) is 0 Å². The molecule has 0 atom stereocenters. The Kier molecular flexibility index (Phi) is 2.75. The van der Waals surface area contributed by atoms with Gasteiger partial charge >= 0.3 is 0 Å². The van der Waals surface area contributed by atoms with E-state index in [-0.39, 0.29) is 5.56 Å². The summed E-state index contributed by atoms with van der Waals surface area (Å²) in [6.07, 6.45) is 0. The molecule has 0 unspecified atom stereocenters. The van der Waals surface area contributed by atoms with E-state index in [9.17, 15) is 25.0 Å². The highest BCUT2D eigenvalue weighted by atomic mass is 16.6. The Balaban J connectivity index is 3.39. The van der Waals surface area contributed by atoms with Gasteiger partial charge in [0.25, 0.3) is 11.4 Å². The SMILES string of the molecule is CC(=O)c1[c]c([N+](=O)[O-])cc([N+](=O)[O-])c1. The third kappa shape index (κ3) is 2.33. The molecule has 0 spiro atoms. The fraction of sp³-hybridized carbons (Fsp3) is 0.125. The van der Waals surface area contributed by atoms with Gasteiger partial charge in [-0.1, -0.05) is 0 Å². The molecule has 1 aromatic carbocycles. The number of ketones is 1. The van der Waals surface area contributed by atoms with Gasteiger partial charge in [-0.15, -0.1) is 0 Å². The lowest BCUT2D eigenvalue weighted by Gasteiger charge is -1.96. The highest BCUT2D eigenvalue weighted by molar-refractivity contribution is 5.95. The summed E-state index contributed by atoms with van der Waals surface area (Å²) >= 11 is 0. The van der Waals surface area contributed by atoms with Crippen molar-refractivity contribution in [3.05, 3.63) is 44.0 Å². The number of carbonyl (C=O) groups excluding carboxylic acids is 1. The second-order valence-electron chi connectivity index (χ2n) is 2.71. The van der Waals surface area contributed by atoms with E-state index in [0.717, 1.165) is 19.1 Å². The summed E-state index contributed by atoms with van der Waals surface area (Å²) in [7, 11) is 0. The third-order valence-electron chi connectivity index (χ3n) is 1.63. The number of nitrogens with zero attached hydrogens (tertiary/aromatic N) is 2. The highest BCUT2D eigenvalue weighted by Gasteiger charge is 2.18. The third-order valence-corrected chi connectivity index (χ3v) is 1.63. The molecule has 0 amide bonds. The van der Waals surface area contributed by atoms with E-state index < -0.39 is 27.0 Å². The number of carbonyl (C=O) groups is 1. The monoisotopic (exact) mass is 209 g/mol. The molecule has 0 saturated heterocycles. The van der Waals surface area contributed by atoms with Crippen molar-refractivity contribution < 1.29 is 14.6 Å². The molecule has 0 aliphatic carbocycles. The van der Waals surface area contributed by atoms with Gasteiger partial charge in [0.15, 0.2) is 5.78 Å². The molecule has 7 nitrogen and oxygen atoms in total. The van der Waals surface area contributed by atoms with Crippen LogP contribution in [0.4, 0.5) is 11.4 Å². The second kappa shape index (κ2) is 3.82. The van der Waals surface area contributed by atoms with Crippen LogP contribution < -0.4 is 0 Å². The molecular weight excluding hydrogens is 204 g/mol. The van der Waals surface area contributed by atoms with Gasteiger partial charge in [-0.25, -0.2) is 0 Å². The molecule has 0 aliphatic heterocycles. The highest BCUT2D eigenvalue weighted by Crippen LogP contribution is 2.22. The Morgan fingerprint density at radius 3 is 2.27 bits per heavy atom. The van der Waals surface area contributed by atoms with Gasteiger partial charge in [0.2, 0.25) is 0 Å². The summed E-state index contributed by atoms with van der Waals surface area (Å²) in [4.78, 5) is 30.1. The van der Waals surface area contributed by atoms with Gasteiger partial charge < -0.3 is 0 Å². The smallest absolute Gasteiger partial charge is 0.285 e. The molecule has 0 heterocycles. The first kappa shape index (κ1) is 10.8. The van der Waals surface area contributed by atoms with Crippen molar-refractivity contribution in [1.82, 2.24) is 0 Å². The van der Waals surface area contributed by atoms with Crippen molar-refractivity contribution in [3.63, 3.8) is 0 Å². The summed E-state index contributed by atoms with van der Waals surface area (Å²) < 4.78 is 0. The molecule has 1 radical (unpaired) electrons. The Morgan fingerprint density at radius 1 is 1.27 bits per heavy atom. The van der Waals surface area contributed by atoms with Crippen LogP contribution in [0.15, 0.2) is 12.1 Å². The number of hydrogen-bond acceptors (Lipinski definition) is 5. The molecule has 0 aliphatic rings. The first-order valence-electron chi connectivity index (χ1n) is 3.79. The summed E-state index contributed by atoms with van der Waals surface area (Å²) in [5.41, 5.74) is -1.25. The van der Waals surface area contributed by atoms with Crippen molar-refractivity contribution in [3.8, 4) is 0 Å². The molecule has 0 N–H and O–H groups in total. The van der Waals surface area contributed by atoms with Crippen LogP contribution in [0.5, 0.6) is 0 Å². The van der Waals surface area contributed by atoms with Gasteiger partial charge in [0.1, 0.15) is 0 Å². The Hall–Kier alpha value is -2.31. The van der Waals surface area contributed by atoms with E-state index in [1.165, 1.54) is 0 Å². The van der Waals surface area contributed by atoms with Gasteiger partial charge in [0, 0.05) is 11.6 Å². The summed E-state index contributed by atoms with van der Waals surface area (Å²) in [5, 5.41) is 20.8. The van der Waals surface area contributed by atoms with Gasteiger partial charge in [-0.05, 0) is 6.92 Å². The minimum Gasteiger partial charge on any atom is -0.294 e. The molecule has 15 heavy (non-hydrogen) atoms. The van der Waals surface area contributed by atoms with E-state index >= 15 is 0 Å². The molecule has 1 aromatic rings. The average Bonchev–Trinajstić information content (AvgIpc) is 2.16. The van der Waals surface area contributed by atoms with Crippen molar-refractivity contribution in [2.75, 3.05) is 0 Å². The Morgan fingerprint density at radius 2 is 1.87 bits per heavy atom. The van der Waals surface area contributed by atoms with Crippen LogP contribution in [0.3, 0.4) is 0 Å². The normalized spacial score (nSPS) is 9.67. The fourth-order valence-corrected chi connectivity index (χ4v) is 0.933. The summed E-state index contributed by atoms with van der Waals surface area (Å²) in [6, 6.07) is 3.90. The maximum absolute atomic E-state index is 10.9. The Labute approximate surface area is 83.6 Å². The van der Waals surface area contributed by atoms with E-state index in [0.29, 0.717) is 0 Å². The van der Waals surface area contributed by atoms with Crippen molar-refractivity contribution in [2.24, 2.45) is 0 Å². The predicted molar refractivity (Wildman–Crippen MR) is 48.6 cm³/mol. The predicted octanol–water partition coefficient (Wildman–Crippen LogP) is 1.51. The largest absolute Gasteiger partial charge is 0.294 e. The van der Waals surface area contributed by atoms with E-state index in [1.807, 2.05) is 0 Å². The van der Waals surface area contributed by atoms with Gasteiger partial charge in [0.05, 0.1) is 22.0 Å². The Bertz CT molecular complexity index is 375. The number of hydrogen-bond donors (Lipinski definition) is 0. The maximum Gasteiger partial charge on any atom is 0.285 e. The zero-order valence-electron chi connectivity index (χ0n) is 7.59. The van der Waals surface area contributed by atoms with Crippen LogP contribution in [-0.4, -0.2) is 15.6 Å². The summed E-state index contributed by atoms with van der Waals surface area (Å²) in [5.74, 6) is -0.512. The van der Waals surface area contributed by atoms with Gasteiger partial charge in [-0.2, -0.15) is 0 Å². The van der Waals surface area contributed by atoms with Crippen molar-refractivity contribution in [1.29, 1.82) is 0 Å². The molecule has 1 rings (SSSR count). The van der Waals surface area contributed by atoms with Crippen LogP contribution >= 0.6 is 0 Å². The molecule has 0 aromatic heterocycles. The van der Waals surface area contributed by atoms with Gasteiger partial charge in [-0.3, -0.25) is 25.0 Å². The van der Waals surface area contributed by atoms with E-state index in [4.69, 9.17) is 0 Å². The van der Waals surface area contributed by atoms with Crippen LogP contribution in [-0.2, 0) is 0 Å². The standard InChI is InChI=1S/C8H5N2O5/c1-5(11)6-2-7(9(12)13)4-8(3-6)10(14)15/h2,4H,1H3. The van der Waals surface area contributed by atoms with Crippen LogP contribution in [0.25, 0.3) is 0 Å². The molecule has 77 valence electrons. The van der Waals surface area contributed by atoms with Crippen LogP contribution in [0, 0.1) is 26.3 Å². The van der Waals surface area contributed by atoms with E-state index in [2.05, 4.69) is 6.07 Å². The lowest BCUT2D eigenvalue weighted by Crippen LogP contribution is -1.99. The second-order valence-corrected chi connectivity index (χ2v) is 2.71. The molecule has 0 bridgehead atoms. The first-order chi connectivity index (χ1) is 6.91. The number of non-ortho nitro benzene ring substituents is 2. The van der Waals surface area contributed by atoms with Crippen molar-refractivity contribution in [2.45, 2.75) is 6.92 Å². The van der Waals surface area contributed by atoms with Crippen LogP contribution in [0.1, 0.15) is 17.3 Å². The molecule has 0 fully saturated rings. The zero-order valence-corrected chi connectivity index (χ0v) is 7.59. The lowest BCUT2D eigenvalue weighted by atomic mass is 10.1. The lowest BCUT2D eigenvalue weighted by molar-refractivity contribution is -0.394. The topological polar surface area (TPSA) is 103 Å². The maximum atomic E-state index is 10.9.